The van der Waals surface area contributed by atoms with Crippen molar-refractivity contribution >= 4 is 5.78 Å². The molecule has 0 aliphatic carbocycles. The molecule has 1 aliphatic rings. The van der Waals surface area contributed by atoms with Gasteiger partial charge in [-0.3, -0.25) is 9.48 Å². The molecule has 0 radical (unpaired) electrons. The van der Waals surface area contributed by atoms with Gasteiger partial charge in [0, 0.05) is 24.8 Å². The lowest BCUT2D eigenvalue weighted by Gasteiger charge is -2.19. The van der Waals surface area contributed by atoms with Gasteiger partial charge in [-0.1, -0.05) is 18.2 Å². The molecule has 3 rings (SSSR count). The molecule has 1 aromatic carbocycles. The lowest BCUT2D eigenvalue weighted by atomic mass is 9.92. The average Bonchev–Trinajstić information content (AvgIpc) is 2.95. The Bertz CT molecular complexity index is 616. The molecule has 0 atom stereocenters. The van der Waals surface area contributed by atoms with Gasteiger partial charge < -0.3 is 5.32 Å². The third kappa shape index (κ3) is 2.19. The molecule has 1 aliphatic heterocycles. The number of rotatable bonds is 3. The van der Waals surface area contributed by atoms with Gasteiger partial charge in [-0.05, 0) is 31.0 Å². The molecule has 0 unspecified atom stereocenters. The fourth-order valence-electron chi connectivity index (χ4n) is 2.55. The van der Waals surface area contributed by atoms with E-state index in [9.17, 15) is 4.79 Å². The number of nitrogens with one attached hydrogen (secondary N) is 1. The van der Waals surface area contributed by atoms with Crippen LogP contribution < -0.4 is 5.32 Å². The largest absolute Gasteiger partial charge is 0.312 e. The van der Waals surface area contributed by atoms with Gasteiger partial charge in [0.2, 0.25) is 0 Å². The first-order chi connectivity index (χ1) is 9.29. The van der Waals surface area contributed by atoms with Gasteiger partial charge in [0.15, 0.2) is 5.78 Å². The summed E-state index contributed by atoms with van der Waals surface area (Å²) >= 11 is 0. The molecule has 0 fully saturated rings. The summed E-state index contributed by atoms with van der Waals surface area (Å²) in [4.78, 5) is 12.6. The predicted molar refractivity (Wildman–Crippen MR) is 73.2 cm³/mol. The summed E-state index contributed by atoms with van der Waals surface area (Å²) in [6, 6.07) is 5.98. The molecule has 2 aromatic rings. The van der Waals surface area contributed by atoms with Crippen LogP contribution in [0.3, 0.4) is 0 Å². The maximum Gasteiger partial charge on any atom is 0.196 e. The number of hydrogen-bond acceptors (Lipinski definition) is 3. The number of nitrogens with zero attached hydrogens (tertiary/aromatic N) is 2. The summed E-state index contributed by atoms with van der Waals surface area (Å²) in [5.41, 5.74) is 3.93. The zero-order chi connectivity index (χ0) is 13.2. The van der Waals surface area contributed by atoms with E-state index in [1.54, 1.807) is 10.9 Å². The number of ketones is 1. The van der Waals surface area contributed by atoms with E-state index in [2.05, 4.69) is 16.5 Å². The van der Waals surface area contributed by atoms with Crippen LogP contribution in [0, 0.1) is 0 Å². The van der Waals surface area contributed by atoms with Crippen molar-refractivity contribution in [3.63, 3.8) is 0 Å². The molecule has 4 nitrogen and oxygen atoms in total. The highest BCUT2D eigenvalue weighted by molar-refractivity contribution is 6.09. The van der Waals surface area contributed by atoms with E-state index >= 15 is 0 Å². The summed E-state index contributed by atoms with van der Waals surface area (Å²) in [5, 5.41) is 7.51. The Kier molecular flexibility index (Phi) is 3.17. The molecule has 4 heteroatoms. The molecule has 1 aromatic heterocycles. The molecule has 0 amide bonds. The number of hydrogen-bond donors (Lipinski definition) is 1. The minimum atomic E-state index is 0.0819. The quantitative estimate of drug-likeness (QED) is 0.850. The third-order valence-corrected chi connectivity index (χ3v) is 3.60. The fraction of sp³-hybridized carbons (Fsp3) is 0.333. The van der Waals surface area contributed by atoms with E-state index in [-0.39, 0.29) is 5.78 Å². The smallest absolute Gasteiger partial charge is 0.196 e. The number of fused-ring (bicyclic) bond motifs is 1. The van der Waals surface area contributed by atoms with Crippen molar-refractivity contribution in [2.24, 2.45) is 0 Å². The molecule has 0 bridgehead atoms. The van der Waals surface area contributed by atoms with Crippen molar-refractivity contribution in [2.75, 3.05) is 6.54 Å². The standard InChI is InChI=1S/C15H17N3O/c1-2-18-10-12(9-17-18)15(19)14-5-3-4-11-8-16-7-6-13(11)14/h3-5,9-10,16H,2,6-8H2,1H3. The Morgan fingerprint density at radius 2 is 2.37 bits per heavy atom. The van der Waals surface area contributed by atoms with Gasteiger partial charge in [0.1, 0.15) is 0 Å². The van der Waals surface area contributed by atoms with Crippen molar-refractivity contribution in [2.45, 2.75) is 26.4 Å². The SMILES string of the molecule is CCn1cc(C(=O)c2cccc3c2CCNC3)cn1. The van der Waals surface area contributed by atoms with Gasteiger partial charge in [-0.2, -0.15) is 5.10 Å². The minimum absolute atomic E-state index is 0.0819. The molecule has 2 heterocycles. The lowest BCUT2D eigenvalue weighted by molar-refractivity contribution is 0.103. The van der Waals surface area contributed by atoms with Crippen molar-refractivity contribution in [1.29, 1.82) is 0 Å². The molecular weight excluding hydrogens is 238 g/mol. The maximum atomic E-state index is 12.6. The molecule has 19 heavy (non-hydrogen) atoms. The van der Waals surface area contributed by atoms with Gasteiger partial charge in [-0.15, -0.1) is 0 Å². The second kappa shape index (κ2) is 4.97. The second-order valence-corrected chi connectivity index (χ2v) is 4.78. The molecule has 98 valence electrons. The lowest BCUT2D eigenvalue weighted by Crippen LogP contribution is -2.25. The van der Waals surface area contributed by atoms with E-state index < -0.39 is 0 Å². The van der Waals surface area contributed by atoms with Crippen LogP contribution in [0.4, 0.5) is 0 Å². The minimum Gasteiger partial charge on any atom is -0.312 e. The Hall–Kier alpha value is -1.94. The zero-order valence-corrected chi connectivity index (χ0v) is 11.0. The predicted octanol–water partition coefficient (Wildman–Crippen LogP) is 1.78. The second-order valence-electron chi connectivity index (χ2n) is 4.78. The Balaban J connectivity index is 1.99. The van der Waals surface area contributed by atoms with Gasteiger partial charge in [0.05, 0.1) is 11.8 Å². The van der Waals surface area contributed by atoms with Gasteiger partial charge >= 0.3 is 0 Å². The van der Waals surface area contributed by atoms with Crippen LogP contribution in [0.2, 0.25) is 0 Å². The average molecular weight is 255 g/mol. The third-order valence-electron chi connectivity index (χ3n) is 3.60. The van der Waals surface area contributed by atoms with E-state index in [0.717, 1.165) is 31.6 Å². The molecule has 0 spiro atoms. The van der Waals surface area contributed by atoms with Crippen molar-refractivity contribution in [3.8, 4) is 0 Å². The topological polar surface area (TPSA) is 46.9 Å². The molecule has 1 N–H and O–H groups in total. The first-order valence-electron chi connectivity index (χ1n) is 6.68. The van der Waals surface area contributed by atoms with Crippen LogP contribution in [0.1, 0.15) is 34.0 Å². The first-order valence-corrected chi connectivity index (χ1v) is 6.68. The van der Waals surface area contributed by atoms with Crippen LogP contribution in [0.25, 0.3) is 0 Å². The van der Waals surface area contributed by atoms with Crippen LogP contribution in [-0.4, -0.2) is 22.1 Å². The van der Waals surface area contributed by atoms with Crippen LogP contribution in [0.5, 0.6) is 0 Å². The summed E-state index contributed by atoms with van der Waals surface area (Å²) < 4.78 is 1.78. The zero-order valence-electron chi connectivity index (χ0n) is 11.0. The van der Waals surface area contributed by atoms with Gasteiger partial charge in [-0.25, -0.2) is 0 Å². The number of carbonyl (C=O) groups excluding carboxylic acids is 1. The maximum absolute atomic E-state index is 12.6. The molecule has 0 saturated heterocycles. The Labute approximate surface area is 112 Å². The summed E-state index contributed by atoms with van der Waals surface area (Å²) in [6.07, 6.45) is 4.40. The first kappa shape index (κ1) is 12.1. The molecular formula is C15H17N3O. The van der Waals surface area contributed by atoms with E-state index in [4.69, 9.17) is 0 Å². The highest BCUT2D eigenvalue weighted by atomic mass is 16.1. The van der Waals surface area contributed by atoms with Crippen molar-refractivity contribution < 1.29 is 4.79 Å². The number of benzene rings is 1. The van der Waals surface area contributed by atoms with Gasteiger partial charge in [0.25, 0.3) is 0 Å². The summed E-state index contributed by atoms with van der Waals surface area (Å²) in [7, 11) is 0. The van der Waals surface area contributed by atoms with Crippen LogP contribution >= 0.6 is 0 Å². The Morgan fingerprint density at radius 1 is 1.47 bits per heavy atom. The number of aromatic nitrogens is 2. The van der Waals surface area contributed by atoms with E-state index in [1.807, 2.05) is 25.3 Å². The number of carbonyl (C=O) groups is 1. The summed E-state index contributed by atoms with van der Waals surface area (Å²) in [5.74, 6) is 0.0819. The van der Waals surface area contributed by atoms with Crippen LogP contribution in [0.15, 0.2) is 30.6 Å². The van der Waals surface area contributed by atoms with E-state index in [1.165, 1.54) is 11.1 Å². The molecule has 0 saturated carbocycles. The highest BCUT2D eigenvalue weighted by Gasteiger charge is 2.19. The highest BCUT2D eigenvalue weighted by Crippen LogP contribution is 2.21. The fourth-order valence-corrected chi connectivity index (χ4v) is 2.55. The van der Waals surface area contributed by atoms with Crippen molar-refractivity contribution in [1.82, 2.24) is 15.1 Å². The Morgan fingerprint density at radius 3 is 3.16 bits per heavy atom. The monoisotopic (exact) mass is 255 g/mol. The van der Waals surface area contributed by atoms with Crippen LogP contribution in [-0.2, 0) is 19.5 Å². The normalized spacial score (nSPS) is 14.2. The van der Waals surface area contributed by atoms with Crippen molar-refractivity contribution in [3.05, 3.63) is 52.8 Å². The number of aryl methyl sites for hydroxylation is 1. The van der Waals surface area contributed by atoms with E-state index in [0.29, 0.717) is 5.56 Å². The summed E-state index contributed by atoms with van der Waals surface area (Å²) in [6.45, 7) is 4.58.